The van der Waals surface area contributed by atoms with Crippen molar-refractivity contribution in [2.24, 2.45) is 0 Å². The summed E-state index contributed by atoms with van der Waals surface area (Å²) < 4.78 is 1.40. The first-order chi connectivity index (χ1) is 8.50. The Bertz CT molecular complexity index is 697. The van der Waals surface area contributed by atoms with Gasteiger partial charge in [-0.15, -0.1) is 11.3 Å². The lowest BCUT2D eigenvalue weighted by Gasteiger charge is -2.01. The molecular formula is C12H12N2O3S. The molecule has 94 valence electrons. The second-order valence-corrected chi connectivity index (χ2v) is 5.11. The number of carboxylic acids is 1. The van der Waals surface area contributed by atoms with Crippen LogP contribution in [0.5, 0.6) is 0 Å². The van der Waals surface area contributed by atoms with Gasteiger partial charge in [-0.05, 0) is 19.4 Å². The highest BCUT2D eigenvalue weighted by atomic mass is 32.1. The Morgan fingerprint density at radius 1 is 1.56 bits per heavy atom. The molecule has 5 nitrogen and oxygen atoms in total. The van der Waals surface area contributed by atoms with Gasteiger partial charge >= 0.3 is 5.97 Å². The van der Waals surface area contributed by atoms with E-state index in [2.05, 4.69) is 4.98 Å². The first kappa shape index (κ1) is 12.5. The van der Waals surface area contributed by atoms with E-state index < -0.39 is 5.97 Å². The van der Waals surface area contributed by atoms with Gasteiger partial charge in [0.2, 0.25) is 0 Å². The van der Waals surface area contributed by atoms with Crippen LogP contribution in [0.15, 0.2) is 23.3 Å². The van der Waals surface area contributed by atoms with E-state index in [1.807, 2.05) is 13.8 Å². The standard InChI is InChI=1S/C12H12N2O3S/c1-7-8(2)18-11-10(7)12(17)14(6-13-11)5-3-4-9(15)16/h3-4,6H,5H2,1-2H3,(H,15,16). The summed E-state index contributed by atoms with van der Waals surface area (Å²) in [5, 5.41) is 9.12. The molecule has 0 aliphatic rings. The van der Waals surface area contributed by atoms with Crippen LogP contribution in [0.25, 0.3) is 10.2 Å². The van der Waals surface area contributed by atoms with Crippen molar-refractivity contribution in [2.45, 2.75) is 20.4 Å². The number of rotatable bonds is 3. The predicted octanol–water partition coefficient (Wildman–Crippen LogP) is 1.72. The highest BCUT2D eigenvalue weighted by Crippen LogP contribution is 2.25. The van der Waals surface area contributed by atoms with Crippen molar-refractivity contribution in [3.63, 3.8) is 0 Å². The zero-order valence-corrected chi connectivity index (χ0v) is 10.8. The lowest BCUT2D eigenvalue weighted by atomic mass is 10.2. The third kappa shape index (κ3) is 2.19. The number of aromatic nitrogens is 2. The predicted molar refractivity (Wildman–Crippen MR) is 70.1 cm³/mol. The van der Waals surface area contributed by atoms with Crippen molar-refractivity contribution < 1.29 is 9.90 Å². The zero-order chi connectivity index (χ0) is 13.3. The Kier molecular flexibility index (Phi) is 3.29. The topological polar surface area (TPSA) is 72.2 Å². The highest BCUT2D eigenvalue weighted by Gasteiger charge is 2.11. The smallest absolute Gasteiger partial charge is 0.328 e. The molecule has 2 rings (SSSR count). The van der Waals surface area contributed by atoms with E-state index in [0.29, 0.717) is 5.39 Å². The summed E-state index contributed by atoms with van der Waals surface area (Å²) in [4.78, 5) is 28.6. The van der Waals surface area contributed by atoms with Crippen LogP contribution in [-0.4, -0.2) is 20.6 Å². The summed E-state index contributed by atoms with van der Waals surface area (Å²) >= 11 is 1.49. The van der Waals surface area contributed by atoms with Gasteiger partial charge in [0, 0.05) is 17.5 Å². The second-order valence-electron chi connectivity index (χ2n) is 3.91. The Hall–Kier alpha value is -1.95. The van der Waals surface area contributed by atoms with E-state index in [9.17, 15) is 9.59 Å². The summed E-state index contributed by atoms with van der Waals surface area (Å²) in [7, 11) is 0. The number of fused-ring (bicyclic) bond motifs is 1. The van der Waals surface area contributed by atoms with Gasteiger partial charge in [0.15, 0.2) is 0 Å². The summed E-state index contributed by atoms with van der Waals surface area (Å²) in [5.41, 5.74) is 0.820. The van der Waals surface area contributed by atoms with Gasteiger partial charge < -0.3 is 5.11 Å². The molecule has 18 heavy (non-hydrogen) atoms. The molecule has 0 atom stereocenters. The molecule has 0 fully saturated rings. The number of thiophene rings is 1. The van der Waals surface area contributed by atoms with Crippen molar-refractivity contribution in [3.05, 3.63) is 39.3 Å². The molecule has 0 saturated heterocycles. The molecule has 2 aromatic heterocycles. The summed E-state index contributed by atoms with van der Waals surface area (Å²) in [5.74, 6) is -1.03. The average Bonchev–Trinajstić information content (AvgIpc) is 2.58. The van der Waals surface area contributed by atoms with Crippen LogP contribution < -0.4 is 5.56 Å². The Balaban J connectivity index is 2.48. The molecule has 0 radical (unpaired) electrons. The van der Waals surface area contributed by atoms with Crippen LogP contribution in [0.3, 0.4) is 0 Å². The fourth-order valence-corrected chi connectivity index (χ4v) is 2.65. The van der Waals surface area contributed by atoms with Crippen LogP contribution in [-0.2, 0) is 11.3 Å². The van der Waals surface area contributed by atoms with Crippen molar-refractivity contribution in [1.29, 1.82) is 0 Å². The highest BCUT2D eigenvalue weighted by molar-refractivity contribution is 7.18. The average molecular weight is 264 g/mol. The Morgan fingerprint density at radius 3 is 2.94 bits per heavy atom. The van der Waals surface area contributed by atoms with Crippen LogP contribution in [0.4, 0.5) is 0 Å². The van der Waals surface area contributed by atoms with Gasteiger partial charge in [-0.2, -0.15) is 0 Å². The lowest BCUT2D eigenvalue weighted by molar-refractivity contribution is -0.131. The van der Waals surface area contributed by atoms with E-state index in [1.54, 1.807) is 0 Å². The number of nitrogens with zero attached hydrogens (tertiary/aromatic N) is 2. The molecule has 6 heteroatoms. The van der Waals surface area contributed by atoms with Crippen molar-refractivity contribution in [3.8, 4) is 0 Å². The number of carboxylic acid groups (broad SMARTS) is 1. The van der Waals surface area contributed by atoms with E-state index in [4.69, 9.17) is 5.11 Å². The van der Waals surface area contributed by atoms with Gasteiger partial charge in [-0.3, -0.25) is 9.36 Å². The lowest BCUT2D eigenvalue weighted by Crippen LogP contribution is -2.19. The third-order valence-electron chi connectivity index (χ3n) is 2.72. The molecule has 0 aliphatic carbocycles. The van der Waals surface area contributed by atoms with Crippen molar-refractivity contribution in [2.75, 3.05) is 0 Å². The quantitative estimate of drug-likeness (QED) is 0.857. The molecular weight excluding hydrogens is 252 g/mol. The van der Waals surface area contributed by atoms with Gasteiger partial charge in [0.05, 0.1) is 11.7 Å². The van der Waals surface area contributed by atoms with Crippen molar-refractivity contribution in [1.82, 2.24) is 9.55 Å². The maximum absolute atomic E-state index is 12.2. The molecule has 0 saturated carbocycles. The maximum Gasteiger partial charge on any atom is 0.328 e. The molecule has 0 amide bonds. The normalized spacial score (nSPS) is 11.4. The van der Waals surface area contributed by atoms with Crippen LogP contribution >= 0.6 is 11.3 Å². The Labute approximate surface area is 107 Å². The first-order valence-electron chi connectivity index (χ1n) is 5.35. The summed E-state index contributed by atoms with van der Waals surface area (Å²) in [6.07, 6.45) is 3.89. The van der Waals surface area contributed by atoms with Crippen LogP contribution in [0.1, 0.15) is 10.4 Å². The minimum atomic E-state index is -1.03. The maximum atomic E-state index is 12.2. The number of allylic oxidation sites excluding steroid dienone is 1. The monoisotopic (exact) mass is 264 g/mol. The Morgan fingerprint density at radius 2 is 2.28 bits per heavy atom. The summed E-state index contributed by atoms with van der Waals surface area (Å²) in [6, 6.07) is 0. The third-order valence-corrected chi connectivity index (χ3v) is 3.83. The number of aliphatic carboxylic acids is 1. The molecule has 0 spiro atoms. The van der Waals surface area contributed by atoms with Gasteiger partial charge in [-0.1, -0.05) is 6.08 Å². The molecule has 1 N–H and O–H groups in total. The number of aryl methyl sites for hydroxylation is 2. The number of hydrogen-bond donors (Lipinski definition) is 1. The second kappa shape index (κ2) is 4.73. The van der Waals surface area contributed by atoms with Crippen LogP contribution in [0.2, 0.25) is 0 Å². The van der Waals surface area contributed by atoms with Crippen molar-refractivity contribution >= 4 is 27.5 Å². The van der Waals surface area contributed by atoms with Gasteiger partial charge in [0.25, 0.3) is 5.56 Å². The van der Waals surface area contributed by atoms with E-state index in [1.165, 1.54) is 28.3 Å². The summed E-state index contributed by atoms with van der Waals surface area (Å²) in [6.45, 7) is 4.06. The van der Waals surface area contributed by atoms with Crippen LogP contribution in [0, 0.1) is 13.8 Å². The van der Waals surface area contributed by atoms with E-state index in [-0.39, 0.29) is 12.1 Å². The molecule has 0 unspecified atom stereocenters. The fraction of sp³-hybridized carbons (Fsp3) is 0.250. The minimum absolute atomic E-state index is 0.128. The molecule has 0 aliphatic heterocycles. The molecule has 0 aromatic carbocycles. The van der Waals surface area contributed by atoms with Gasteiger partial charge in [0.1, 0.15) is 4.83 Å². The van der Waals surface area contributed by atoms with E-state index >= 15 is 0 Å². The molecule has 2 aromatic rings. The minimum Gasteiger partial charge on any atom is -0.478 e. The molecule has 2 heterocycles. The fourth-order valence-electron chi connectivity index (χ4n) is 1.67. The SMILES string of the molecule is Cc1sc2ncn(CC=CC(=O)O)c(=O)c2c1C. The molecule has 0 bridgehead atoms. The zero-order valence-electron chi connectivity index (χ0n) is 10.0. The number of hydrogen-bond acceptors (Lipinski definition) is 4. The van der Waals surface area contributed by atoms with Gasteiger partial charge in [-0.25, -0.2) is 9.78 Å². The first-order valence-corrected chi connectivity index (χ1v) is 6.17. The largest absolute Gasteiger partial charge is 0.478 e. The number of carbonyl (C=O) groups is 1. The van der Waals surface area contributed by atoms with E-state index in [0.717, 1.165) is 21.3 Å².